The Balaban J connectivity index is 2.87. The zero-order valence-corrected chi connectivity index (χ0v) is 11.9. The van der Waals surface area contributed by atoms with Crippen LogP contribution < -0.4 is 0 Å². The van der Waals surface area contributed by atoms with Gasteiger partial charge in [0.1, 0.15) is 0 Å². The standard InChI is InChI=1S/C12H15F3N2OSi/c1-19(2,3)18-11(12(13,14)15)17-16-9-10-7-5-4-6-8-10/h4-9H,1-3H3/b16-9+,17-11+. The number of benzene rings is 1. The third kappa shape index (κ3) is 6.19. The van der Waals surface area contributed by atoms with E-state index in [4.69, 9.17) is 4.43 Å². The molecule has 3 nitrogen and oxygen atoms in total. The number of hydrogen-bond acceptors (Lipinski definition) is 3. The summed E-state index contributed by atoms with van der Waals surface area (Å²) >= 11 is 0. The fourth-order valence-electron chi connectivity index (χ4n) is 1.11. The summed E-state index contributed by atoms with van der Waals surface area (Å²) in [4.78, 5) is 0. The monoisotopic (exact) mass is 288 g/mol. The van der Waals surface area contributed by atoms with E-state index in [1.54, 1.807) is 50.0 Å². The second kappa shape index (κ2) is 6.01. The number of alkyl halides is 3. The van der Waals surface area contributed by atoms with Gasteiger partial charge in [0.2, 0.25) is 8.32 Å². The predicted octanol–water partition coefficient (Wildman–Crippen LogP) is 3.83. The van der Waals surface area contributed by atoms with E-state index in [0.29, 0.717) is 5.56 Å². The van der Waals surface area contributed by atoms with Crippen molar-refractivity contribution in [2.75, 3.05) is 0 Å². The van der Waals surface area contributed by atoms with Crippen LogP contribution in [0.5, 0.6) is 0 Å². The average Bonchev–Trinajstić information content (AvgIpc) is 2.26. The van der Waals surface area contributed by atoms with Gasteiger partial charge >= 0.3 is 12.1 Å². The summed E-state index contributed by atoms with van der Waals surface area (Å²) in [6, 6.07) is 8.75. The Bertz CT molecular complexity index is 464. The normalized spacial score (nSPS) is 13.9. The minimum absolute atomic E-state index is 0.667. The Hall–Kier alpha value is -1.63. The highest BCUT2D eigenvalue weighted by molar-refractivity contribution is 6.71. The molecule has 0 aliphatic carbocycles. The summed E-state index contributed by atoms with van der Waals surface area (Å²) in [6.45, 7) is 4.94. The van der Waals surface area contributed by atoms with Crippen molar-refractivity contribution in [2.24, 2.45) is 10.2 Å². The van der Waals surface area contributed by atoms with Gasteiger partial charge < -0.3 is 4.43 Å². The lowest BCUT2D eigenvalue weighted by atomic mass is 10.2. The van der Waals surface area contributed by atoms with Crippen molar-refractivity contribution in [1.82, 2.24) is 0 Å². The van der Waals surface area contributed by atoms with Crippen molar-refractivity contribution < 1.29 is 17.6 Å². The molecule has 0 aromatic heterocycles. The molecule has 1 aromatic rings. The molecule has 19 heavy (non-hydrogen) atoms. The van der Waals surface area contributed by atoms with Crippen LogP contribution in [-0.2, 0) is 4.43 Å². The molecule has 0 heterocycles. The second-order valence-electron chi connectivity index (χ2n) is 4.77. The first kappa shape index (κ1) is 15.4. The minimum atomic E-state index is -4.63. The first-order valence-corrected chi connectivity index (χ1v) is 9.01. The van der Waals surface area contributed by atoms with Crippen molar-refractivity contribution in [1.29, 1.82) is 0 Å². The van der Waals surface area contributed by atoms with Gasteiger partial charge in [-0.2, -0.15) is 18.3 Å². The van der Waals surface area contributed by atoms with Gasteiger partial charge in [-0.15, -0.1) is 5.10 Å². The Morgan fingerprint density at radius 3 is 2.21 bits per heavy atom. The van der Waals surface area contributed by atoms with Gasteiger partial charge in [0.15, 0.2) is 0 Å². The van der Waals surface area contributed by atoms with Gasteiger partial charge in [0.25, 0.3) is 0 Å². The SMILES string of the molecule is C[Si](C)(C)O/C(=N/N=C/c1ccccc1)C(F)(F)F. The topological polar surface area (TPSA) is 34.0 Å². The summed E-state index contributed by atoms with van der Waals surface area (Å²) in [5.41, 5.74) is 0.667. The van der Waals surface area contributed by atoms with Gasteiger partial charge in [-0.1, -0.05) is 30.3 Å². The molecule has 0 saturated heterocycles. The lowest BCUT2D eigenvalue weighted by molar-refractivity contribution is -0.0717. The first-order chi connectivity index (χ1) is 8.68. The Kier molecular flexibility index (Phi) is 4.88. The molecular formula is C12H15F3N2OSi. The maximum Gasteiger partial charge on any atom is 0.468 e. The van der Waals surface area contributed by atoms with Crippen molar-refractivity contribution in [3.05, 3.63) is 35.9 Å². The molecule has 0 aliphatic rings. The third-order valence-corrected chi connectivity index (χ3v) is 2.61. The molecular weight excluding hydrogens is 273 g/mol. The molecule has 0 bridgehead atoms. The molecule has 1 aromatic carbocycles. The summed E-state index contributed by atoms with van der Waals surface area (Å²) in [5, 5.41) is 6.58. The molecule has 104 valence electrons. The maximum absolute atomic E-state index is 12.7. The van der Waals surface area contributed by atoms with Crippen LogP contribution in [0.2, 0.25) is 19.6 Å². The summed E-state index contributed by atoms with van der Waals surface area (Å²) in [7, 11) is -2.38. The molecule has 0 fully saturated rings. The molecule has 1 rings (SSSR count). The summed E-state index contributed by atoms with van der Waals surface area (Å²) < 4.78 is 42.9. The third-order valence-electron chi connectivity index (χ3n) is 1.80. The zero-order chi connectivity index (χ0) is 14.5. The van der Waals surface area contributed by atoms with Crippen molar-refractivity contribution in [3.8, 4) is 0 Å². The highest BCUT2D eigenvalue weighted by Crippen LogP contribution is 2.21. The minimum Gasteiger partial charge on any atom is -0.527 e. The smallest absolute Gasteiger partial charge is 0.468 e. The molecule has 0 amide bonds. The highest BCUT2D eigenvalue weighted by Gasteiger charge is 2.41. The van der Waals surface area contributed by atoms with E-state index in [2.05, 4.69) is 10.2 Å². The van der Waals surface area contributed by atoms with Crippen molar-refractivity contribution in [2.45, 2.75) is 25.8 Å². The van der Waals surface area contributed by atoms with Crippen LogP contribution in [0.15, 0.2) is 40.5 Å². The van der Waals surface area contributed by atoms with Crippen LogP contribution in [0.3, 0.4) is 0 Å². The summed E-state index contributed by atoms with van der Waals surface area (Å²) in [5.74, 6) is -1.29. The fraction of sp³-hybridized carbons (Fsp3) is 0.333. The number of hydrogen-bond donors (Lipinski definition) is 0. The van der Waals surface area contributed by atoms with Crippen LogP contribution in [0.1, 0.15) is 5.56 Å². The van der Waals surface area contributed by atoms with Crippen LogP contribution in [0, 0.1) is 0 Å². The van der Waals surface area contributed by atoms with E-state index in [9.17, 15) is 13.2 Å². The Labute approximate surface area is 110 Å². The number of rotatable bonds is 3. The molecule has 0 radical (unpaired) electrons. The highest BCUT2D eigenvalue weighted by atomic mass is 28.4. The van der Waals surface area contributed by atoms with Crippen LogP contribution in [0.25, 0.3) is 0 Å². The van der Waals surface area contributed by atoms with Gasteiger partial charge in [-0.3, -0.25) is 0 Å². The van der Waals surface area contributed by atoms with E-state index in [1.807, 2.05) is 0 Å². The average molecular weight is 288 g/mol. The van der Waals surface area contributed by atoms with E-state index in [1.165, 1.54) is 6.21 Å². The molecule has 0 saturated carbocycles. The predicted molar refractivity (Wildman–Crippen MR) is 72.0 cm³/mol. The molecule has 0 spiro atoms. The van der Waals surface area contributed by atoms with Gasteiger partial charge in [-0.25, -0.2) is 0 Å². The van der Waals surface area contributed by atoms with Gasteiger partial charge in [0.05, 0.1) is 6.21 Å². The largest absolute Gasteiger partial charge is 0.527 e. The number of nitrogens with zero attached hydrogens (tertiary/aromatic N) is 2. The zero-order valence-electron chi connectivity index (χ0n) is 10.9. The molecule has 0 atom stereocenters. The van der Waals surface area contributed by atoms with E-state index in [-0.39, 0.29) is 0 Å². The second-order valence-corrected chi connectivity index (χ2v) is 9.20. The van der Waals surface area contributed by atoms with Crippen LogP contribution in [-0.4, -0.2) is 26.6 Å². The van der Waals surface area contributed by atoms with E-state index >= 15 is 0 Å². The van der Waals surface area contributed by atoms with Crippen molar-refractivity contribution >= 4 is 20.4 Å². The lowest BCUT2D eigenvalue weighted by Gasteiger charge is -2.20. The quantitative estimate of drug-likeness (QED) is 0.360. The number of halogens is 3. The summed E-state index contributed by atoms with van der Waals surface area (Å²) in [6.07, 6.45) is -3.38. The molecule has 0 N–H and O–H groups in total. The first-order valence-electron chi connectivity index (χ1n) is 5.61. The van der Waals surface area contributed by atoms with E-state index < -0.39 is 20.4 Å². The lowest BCUT2D eigenvalue weighted by Crippen LogP contribution is -2.36. The fourth-order valence-corrected chi connectivity index (χ4v) is 1.85. The van der Waals surface area contributed by atoms with E-state index in [0.717, 1.165) is 0 Å². The Morgan fingerprint density at radius 1 is 1.16 bits per heavy atom. The van der Waals surface area contributed by atoms with Gasteiger partial charge in [0, 0.05) is 0 Å². The molecule has 0 unspecified atom stereocenters. The van der Waals surface area contributed by atoms with Crippen LogP contribution in [0.4, 0.5) is 13.2 Å². The van der Waals surface area contributed by atoms with Crippen molar-refractivity contribution in [3.63, 3.8) is 0 Å². The molecule has 7 heteroatoms. The maximum atomic E-state index is 12.7. The molecule has 0 aliphatic heterocycles. The van der Waals surface area contributed by atoms with Crippen LogP contribution >= 0.6 is 0 Å². The van der Waals surface area contributed by atoms with Gasteiger partial charge in [-0.05, 0) is 25.2 Å². The Morgan fingerprint density at radius 2 is 1.74 bits per heavy atom.